The highest BCUT2D eigenvalue weighted by Crippen LogP contribution is 2.49. The predicted octanol–water partition coefficient (Wildman–Crippen LogP) is 5.52. The van der Waals surface area contributed by atoms with E-state index in [0.717, 1.165) is 0 Å². The van der Waals surface area contributed by atoms with Crippen LogP contribution in [-0.2, 0) is 14.4 Å². The molecule has 3 nitrogen and oxygen atoms in total. The quantitative estimate of drug-likeness (QED) is 0.319. The van der Waals surface area contributed by atoms with Crippen LogP contribution in [0, 0.1) is 0 Å². The van der Waals surface area contributed by atoms with E-state index in [1.54, 1.807) is 6.07 Å². The molecule has 0 aliphatic carbocycles. The smallest absolute Gasteiger partial charge is 0.282 e. The summed E-state index contributed by atoms with van der Waals surface area (Å²) in [5, 5.41) is 0. The Morgan fingerprint density at radius 2 is 1.17 bits per heavy atom. The molecule has 0 fully saturated rings. The normalized spacial score (nSPS) is 13.7. The molecule has 0 bridgehead atoms. The standard InChI is InChI=1S/C8H4Br6O3S/c9-7(10,11)4-1-5(8(12,13)14)3-6(2-4)18(15,16)17/h1-3H,(H,15,16,17). The monoisotopic (exact) mass is 653 g/mol. The van der Waals surface area contributed by atoms with Gasteiger partial charge < -0.3 is 0 Å². The molecule has 10 heteroatoms. The largest absolute Gasteiger partial charge is 0.294 e. The van der Waals surface area contributed by atoms with Crippen LogP contribution in [0.1, 0.15) is 11.1 Å². The zero-order valence-corrected chi connectivity index (χ0v) is 18.5. The number of benzene rings is 1. The Balaban J connectivity index is 3.60. The fraction of sp³-hybridized carbons (Fsp3) is 0.250. The first-order chi connectivity index (χ1) is 7.82. The van der Waals surface area contributed by atoms with Gasteiger partial charge in [0.2, 0.25) is 0 Å². The molecular weight excluding hydrogens is 656 g/mol. The van der Waals surface area contributed by atoms with Gasteiger partial charge >= 0.3 is 0 Å². The summed E-state index contributed by atoms with van der Waals surface area (Å²) in [6.45, 7) is 0. The lowest BCUT2D eigenvalue weighted by Gasteiger charge is -2.19. The molecule has 1 rings (SSSR count). The Labute approximate surface area is 155 Å². The minimum Gasteiger partial charge on any atom is -0.282 e. The average molecular weight is 660 g/mol. The first-order valence-electron chi connectivity index (χ1n) is 4.09. The van der Waals surface area contributed by atoms with E-state index in [4.69, 9.17) is 4.55 Å². The summed E-state index contributed by atoms with van der Waals surface area (Å²) < 4.78 is 30.1. The zero-order chi connectivity index (χ0) is 14.4. The Morgan fingerprint density at radius 3 is 1.39 bits per heavy atom. The Morgan fingerprint density at radius 1 is 0.833 bits per heavy atom. The molecule has 0 saturated heterocycles. The Hall–Kier alpha value is 2.01. The third-order valence-corrected chi connectivity index (χ3v) is 5.44. The summed E-state index contributed by atoms with van der Waals surface area (Å²) in [5.74, 6) is 0. The molecule has 0 aliphatic rings. The molecule has 1 aromatic rings. The van der Waals surface area contributed by atoms with Crippen molar-refractivity contribution in [1.82, 2.24) is 0 Å². The van der Waals surface area contributed by atoms with E-state index in [2.05, 4.69) is 95.6 Å². The highest BCUT2D eigenvalue weighted by Gasteiger charge is 2.29. The van der Waals surface area contributed by atoms with Gasteiger partial charge in [-0.2, -0.15) is 8.42 Å². The molecule has 0 amide bonds. The van der Waals surface area contributed by atoms with Crippen molar-refractivity contribution in [1.29, 1.82) is 0 Å². The van der Waals surface area contributed by atoms with Crippen LogP contribution in [-0.4, -0.2) is 13.0 Å². The maximum atomic E-state index is 11.3. The highest BCUT2D eigenvalue weighted by atomic mass is 80.0. The van der Waals surface area contributed by atoms with Gasteiger partial charge in [0, 0.05) is 0 Å². The lowest BCUT2D eigenvalue weighted by molar-refractivity contribution is 0.483. The molecule has 0 aliphatic heterocycles. The van der Waals surface area contributed by atoms with Crippen molar-refractivity contribution < 1.29 is 13.0 Å². The number of hydrogen-bond acceptors (Lipinski definition) is 2. The van der Waals surface area contributed by atoms with E-state index in [-0.39, 0.29) is 4.90 Å². The molecule has 0 saturated carbocycles. The Bertz CT molecular complexity index is 525. The van der Waals surface area contributed by atoms with Crippen LogP contribution in [0.15, 0.2) is 23.1 Å². The number of rotatable bonds is 1. The minimum absolute atomic E-state index is 0.208. The van der Waals surface area contributed by atoms with Crippen LogP contribution >= 0.6 is 95.6 Å². The van der Waals surface area contributed by atoms with E-state index in [0.29, 0.717) is 11.1 Å². The molecule has 0 atom stereocenters. The number of alkyl halides is 6. The molecule has 18 heavy (non-hydrogen) atoms. The van der Waals surface area contributed by atoms with E-state index < -0.39 is 14.4 Å². The van der Waals surface area contributed by atoms with Gasteiger partial charge in [-0.1, -0.05) is 95.6 Å². The SMILES string of the molecule is O=S(=O)(O)c1cc(C(Br)(Br)Br)cc(C(Br)(Br)Br)c1. The molecule has 0 unspecified atom stereocenters. The van der Waals surface area contributed by atoms with Crippen LogP contribution in [0.5, 0.6) is 0 Å². The van der Waals surface area contributed by atoms with E-state index in [1.165, 1.54) is 12.1 Å². The van der Waals surface area contributed by atoms with Crippen LogP contribution in [0.25, 0.3) is 0 Å². The van der Waals surface area contributed by atoms with Crippen molar-refractivity contribution in [2.45, 2.75) is 9.18 Å². The van der Waals surface area contributed by atoms with Gasteiger partial charge in [0.1, 0.15) is 0 Å². The van der Waals surface area contributed by atoms with Gasteiger partial charge in [-0.05, 0) is 29.3 Å². The van der Waals surface area contributed by atoms with E-state index >= 15 is 0 Å². The summed E-state index contributed by atoms with van der Waals surface area (Å²) >= 11 is 19.8. The highest BCUT2D eigenvalue weighted by molar-refractivity contribution is 9.39. The van der Waals surface area contributed by atoms with Gasteiger partial charge in [-0.15, -0.1) is 0 Å². The second-order valence-electron chi connectivity index (χ2n) is 3.22. The van der Waals surface area contributed by atoms with Crippen LogP contribution in [0.4, 0.5) is 0 Å². The van der Waals surface area contributed by atoms with Crippen LogP contribution < -0.4 is 0 Å². The molecular formula is C8H4Br6O3S. The summed E-state index contributed by atoms with van der Waals surface area (Å²) in [5.41, 5.74) is 1.13. The van der Waals surface area contributed by atoms with Crippen molar-refractivity contribution in [2.24, 2.45) is 0 Å². The Kier molecular flexibility index (Phi) is 6.04. The van der Waals surface area contributed by atoms with Crippen molar-refractivity contribution in [3.8, 4) is 0 Å². The topological polar surface area (TPSA) is 54.4 Å². The maximum Gasteiger partial charge on any atom is 0.294 e. The molecule has 1 N–H and O–H groups in total. The van der Waals surface area contributed by atoms with Crippen LogP contribution in [0.3, 0.4) is 0 Å². The van der Waals surface area contributed by atoms with Crippen molar-refractivity contribution >= 4 is 106 Å². The van der Waals surface area contributed by atoms with Crippen molar-refractivity contribution in [2.75, 3.05) is 0 Å². The lowest BCUT2D eigenvalue weighted by atomic mass is 10.2. The first kappa shape index (κ1) is 18.1. The predicted molar refractivity (Wildman–Crippen MR) is 93.2 cm³/mol. The zero-order valence-electron chi connectivity index (χ0n) is 8.17. The van der Waals surface area contributed by atoms with Gasteiger partial charge in [-0.3, -0.25) is 4.55 Å². The van der Waals surface area contributed by atoms with Gasteiger partial charge in [0.15, 0.2) is 4.29 Å². The fourth-order valence-electron chi connectivity index (χ4n) is 1.08. The molecule has 102 valence electrons. The summed E-state index contributed by atoms with van der Waals surface area (Å²) in [4.78, 5) is -0.208. The summed E-state index contributed by atoms with van der Waals surface area (Å²) in [7, 11) is -4.29. The molecule has 0 spiro atoms. The molecule has 0 aromatic heterocycles. The van der Waals surface area contributed by atoms with Crippen molar-refractivity contribution in [3.05, 3.63) is 29.3 Å². The second-order valence-corrected chi connectivity index (χ2v) is 18.2. The second kappa shape index (κ2) is 6.02. The van der Waals surface area contributed by atoms with Gasteiger partial charge in [0.05, 0.1) is 4.90 Å². The maximum absolute atomic E-state index is 11.3. The number of hydrogen-bond donors (Lipinski definition) is 1. The minimum atomic E-state index is -4.29. The molecule has 0 heterocycles. The lowest BCUT2D eigenvalue weighted by Crippen LogP contribution is -2.08. The number of halogens is 6. The van der Waals surface area contributed by atoms with Gasteiger partial charge in [-0.25, -0.2) is 0 Å². The molecule has 1 aromatic carbocycles. The van der Waals surface area contributed by atoms with Crippen molar-refractivity contribution in [3.63, 3.8) is 0 Å². The van der Waals surface area contributed by atoms with E-state index in [9.17, 15) is 8.42 Å². The summed E-state index contributed by atoms with van der Waals surface area (Å²) in [6.07, 6.45) is 0. The fourth-order valence-corrected chi connectivity index (χ4v) is 3.00. The van der Waals surface area contributed by atoms with E-state index in [1.807, 2.05) is 0 Å². The average Bonchev–Trinajstić information content (AvgIpc) is 2.13. The third-order valence-electron chi connectivity index (χ3n) is 1.86. The molecule has 0 radical (unpaired) electrons. The van der Waals surface area contributed by atoms with Gasteiger partial charge in [0.25, 0.3) is 10.1 Å². The first-order valence-corrected chi connectivity index (χ1v) is 10.3. The third kappa shape index (κ3) is 5.09. The summed E-state index contributed by atoms with van der Waals surface area (Å²) in [6, 6.07) is 4.41. The van der Waals surface area contributed by atoms with Crippen LogP contribution in [0.2, 0.25) is 0 Å².